The monoisotopic (exact) mass is 525 g/mol. The molecule has 2 saturated carbocycles. The van der Waals surface area contributed by atoms with Crippen LogP contribution in [-0.4, -0.2) is 29.3 Å². The largest absolute Gasteiger partial charge is 0.504 e. The van der Waals surface area contributed by atoms with E-state index >= 15 is 0 Å². The van der Waals surface area contributed by atoms with E-state index in [0.29, 0.717) is 23.5 Å². The smallest absolute Gasteiger partial charge is 0.221 e. The summed E-state index contributed by atoms with van der Waals surface area (Å²) < 4.78 is 5.32. The van der Waals surface area contributed by atoms with Crippen molar-refractivity contribution in [2.45, 2.75) is 70.8 Å². The minimum Gasteiger partial charge on any atom is -0.504 e. The zero-order chi connectivity index (χ0) is 27.3. The van der Waals surface area contributed by atoms with Gasteiger partial charge in [0.25, 0.3) is 0 Å². The second-order valence-corrected chi connectivity index (χ2v) is 12.1. The van der Waals surface area contributed by atoms with Crippen molar-refractivity contribution in [2.24, 2.45) is 17.3 Å². The number of phenols is 1. The standard InChI is InChI=1S/C19H26O3.C15H13NO/c1-19-8-7-12-13(15(19)5-6-18(19)21)4-3-11-9-16(20)17(22-2)10-14(11)12;1-10(17)16-14-8-4-6-12-9-11-5-2-3-7-13(11)15(12)14/h9-10,12-13,15,18,20-21H,3-8H2,1-2H3;2-8H,9H2,1H3,(H,16,17)/t12-,13+,15-,18?,19-;/m0./s1. The number of phenolic OH excluding ortho intramolecular Hbond substituents is 1. The van der Waals surface area contributed by atoms with Crippen LogP contribution in [0.2, 0.25) is 0 Å². The van der Waals surface area contributed by atoms with Gasteiger partial charge in [-0.15, -0.1) is 0 Å². The molecule has 4 aliphatic carbocycles. The zero-order valence-electron chi connectivity index (χ0n) is 23.2. The van der Waals surface area contributed by atoms with Gasteiger partial charge in [0, 0.05) is 18.2 Å². The zero-order valence-corrected chi connectivity index (χ0v) is 23.2. The number of benzene rings is 3. The van der Waals surface area contributed by atoms with Gasteiger partial charge in [0.15, 0.2) is 11.5 Å². The first kappa shape index (κ1) is 25.9. The molecule has 5 atom stereocenters. The Morgan fingerprint density at radius 3 is 2.59 bits per heavy atom. The molecule has 0 aliphatic heterocycles. The van der Waals surface area contributed by atoms with Crippen LogP contribution in [0.5, 0.6) is 11.5 Å². The SMILES string of the molecule is CC(=O)Nc1cccc2c1-c1ccccc1C2.COc1cc2c(cc1O)CC[C@@H]1[C@@H]2CC[C@]2(C)C(O)CC[C@@H]12. The van der Waals surface area contributed by atoms with Crippen molar-refractivity contribution in [3.63, 3.8) is 0 Å². The Labute approximate surface area is 231 Å². The maximum atomic E-state index is 11.2. The van der Waals surface area contributed by atoms with Crippen LogP contribution < -0.4 is 10.1 Å². The van der Waals surface area contributed by atoms with Gasteiger partial charge in [-0.25, -0.2) is 0 Å². The number of carbonyl (C=O) groups is 1. The maximum Gasteiger partial charge on any atom is 0.221 e. The molecule has 0 radical (unpaired) electrons. The van der Waals surface area contributed by atoms with E-state index < -0.39 is 0 Å². The number of ether oxygens (including phenoxy) is 1. The van der Waals surface area contributed by atoms with Crippen LogP contribution in [0.15, 0.2) is 54.6 Å². The molecule has 5 nitrogen and oxygen atoms in total. The van der Waals surface area contributed by atoms with Gasteiger partial charge in [-0.2, -0.15) is 0 Å². The van der Waals surface area contributed by atoms with Crippen molar-refractivity contribution in [3.8, 4) is 22.6 Å². The predicted molar refractivity (Wildman–Crippen MR) is 154 cm³/mol. The van der Waals surface area contributed by atoms with Gasteiger partial charge in [0.1, 0.15) is 0 Å². The summed E-state index contributed by atoms with van der Waals surface area (Å²) >= 11 is 0. The topological polar surface area (TPSA) is 78.8 Å². The number of aliphatic hydroxyl groups is 1. The van der Waals surface area contributed by atoms with Crippen molar-refractivity contribution < 1.29 is 19.7 Å². The third kappa shape index (κ3) is 4.41. The second kappa shape index (κ2) is 10.0. The molecule has 3 aromatic rings. The highest BCUT2D eigenvalue weighted by molar-refractivity contribution is 5.96. The average molecular weight is 526 g/mol. The number of fused-ring (bicyclic) bond motifs is 8. The Kier molecular flexibility index (Phi) is 6.66. The molecule has 0 bridgehead atoms. The number of aliphatic hydroxyl groups excluding tert-OH is 1. The van der Waals surface area contributed by atoms with Crippen molar-refractivity contribution in [1.29, 1.82) is 0 Å². The fraction of sp³-hybridized carbons (Fsp3) is 0.441. The van der Waals surface area contributed by atoms with Crippen molar-refractivity contribution >= 4 is 11.6 Å². The summed E-state index contributed by atoms with van der Waals surface area (Å²) in [7, 11) is 1.62. The van der Waals surface area contributed by atoms with Crippen LogP contribution in [0, 0.1) is 17.3 Å². The van der Waals surface area contributed by atoms with Crippen LogP contribution in [0.25, 0.3) is 11.1 Å². The highest BCUT2D eigenvalue weighted by Gasteiger charge is 2.54. The van der Waals surface area contributed by atoms with Crippen molar-refractivity contribution in [3.05, 3.63) is 76.9 Å². The van der Waals surface area contributed by atoms with E-state index in [1.165, 1.54) is 46.2 Å². The normalized spacial score (nSPS) is 27.6. The summed E-state index contributed by atoms with van der Waals surface area (Å²) in [6.45, 7) is 3.85. The van der Waals surface area contributed by atoms with Crippen LogP contribution in [0.4, 0.5) is 5.69 Å². The first-order valence-corrected chi connectivity index (χ1v) is 14.4. The Morgan fingerprint density at radius 1 is 1.00 bits per heavy atom. The molecule has 7 rings (SSSR count). The summed E-state index contributed by atoms with van der Waals surface area (Å²) in [4.78, 5) is 11.2. The van der Waals surface area contributed by atoms with Crippen LogP contribution >= 0.6 is 0 Å². The number of hydrogen-bond donors (Lipinski definition) is 3. The molecule has 3 N–H and O–H groups in total. The minimum absolute atomic E-state index is 0.0252. The van der Waals surface area contributed by atoms with E-state index in [2.05, 4.69) is 42.6 Å². The minimum atomic E-state index is -0.116. The van der Waals surface area contributed by atoms with Crippen LogP contribution in [0.3, 0.4) is 0 Å². The highest BCUT2D eigenvalue weighted by atomic mass is 16.5. The maximum absolute atomic E-state index is 11.2. The quantitative estimate of drug-likeness (QED) is 0.268. The molecule has 0 heterocycles. The molecular weight excluding hydrogens is 486 g/mol. The number of rotatable bonds is 2. The number of aryl methyl sites for hydroxylation is 1. The lowest BCUT2D eigenvalue weighted by atomic mass is 9.55. The van der Waals surface area contributed by atoms with Gasteiger partial charge < -0.3 is 20.3 Å². The summed E-state index contributed by atoms with van der Waals surface area (Å²) in [5, 5.41) is 23.4. The van der Waals surface area contributed by atoms with E-state index in [0.717, 1.165) is 37.8 Å². The number of amides is 1. The molecule has 2 fully saturated rings. The Bertz CT molecular complexity index is 1410. The Balaban J connectivity index is 0.000000147. The molecule has 0 aromatic heterocycles. The summed E-state index contributed by atoms with van der Waals surface area (Å²) in [6, 6.07) is 18.4. The van der Waals surface area contributed by atoms with E-state index in [1.807, 2.05) is 24.3 Å². The Hall–Kier alpha value is -3.31. The first-order chi connectivity index (χ1) is 18.8. The van der Waals surface area contributed by atoms with E-state index in [9.17, 15) is 15.0 Å². The number of anilines is 1. The lowest BCUT2D eigenvalue weighted by Crippen LogP contribution is -2.43. The van der Waals surface area contributed by atoms with Crippen molar-refractivity contribution in [2.75, 3.05) is 12.4 Å². The highest BCUT2D eigenvalue weighted by Crippen LogP contribution is 2.61. The molecule has 39 heavy (non-hydrogen) atoms. The predicted octanol–water partition coefficient (Wildman–Crippen LogP) is 6.83. The summed E-state index contributed by atoms with van der Waals surface area (Å²) in [5.41, 5.74) is 8.76. The average Bonchev–Trinajstić information content (AvgIpc) is 3.45. The first-order valence-electron chi connectivity index (χ1n) is 14.4. The fourth-order valence-corrected chi connectivity index (χ4v) is 8.21. The third-order valence-corrected chi connectivity index (χ3v) is 10.1. The van der Waals surface area contributed by atoms with E-state index in [-0.39, 0.29) is 23.2 Å². The Morgan fingerprint density at radius 2 is 1.79 bits per heavy atom. The van der Waals surface area contributed by atoms with Crippen LogP contribution in [0.1, 0.15) is 74.1 Å². The third-order valence-electron chi connectivity index (χ3n) is 10.1. The molecule has 1 amide bonds. The van der Waals surface area contributed by atoms with Gasteiger partial charge >= 0.3 is 0 Å². The molecule has 5 heteroatoms. The number of carbonyl (C=O) groups excluding carboxylic acids is 1. The fourth-order valence-electron chi connectivity index (χ4n) is 8.21. The second-order valence-electron chi connectivity index (χ2n) is 12.1. The van der Waals surface area contributed by atoms with Crippen LogP contribution in [-0.2, 0) is 17.6 Å². The molecule has 204 valence electrons. The number of aromatic hydroxyl groups is 1. The molecular formula is C34H39NO4. The van der Waals surface area contributed by atoms with E-state index in [4.69, 9.17) is 4.74 Å². The summed E-state index contributed by atoms with van der Waals surface area (Å²) in [6.07, 6.45) is 7.47. The van der Waals surface area contributed by atoms with Gasteiger partial charge in [-0.05, 0) is 114 Å². The van der Waals surface area contributed by atoms with Gasteiger partial charge in [0.05, 0.1) is 13.2 Å². The lowest BCUT2D eigenvalue weighted by molar-refractivity contribution is -0.114. The number of methoxy groups -OCH3 is 1. The molecule has 1 unspecified atom stereocenters. The number of nitrogens with one attached hydrogen (secondary N) is 1. The van der Waals surface area contributed by atoms with Gasteiger partial charge in [-0.3, -0.25) is 4.79 Å². The van der Waals surface area contributed by atoms with Gasteiger partial charge in [0.2, 0.25) is 5.91 Å². The van der Waals surface area contributed by atoms with E-state index in [1.54, 1.807) is 14.0 Å². The van der Waals surface area contributed by atoms with Gasteiger partial charge in [-0.1, -0.05) is 43.3 Å². The summed E-state index contributed by atoms with van der Waals surface area (Å²) in [5.74, 6) is 2.73. The van der Waals surface area contributed by atoms with Crippen molar-refractivity contribution in [1.82, 2.24) is 0 Å². The molecule has 0 spiro atoms. The lowest BCUT2D eigenvalue weighted by Gasteiger charge is -2.50. The molecule has 4 aliphatic rings. The molecule has 0 saturated heterocycles. The number of hydrogen-bond acceptors (Lipinski definition) is 4. The molecule has 3 aromatic carbocycles.